The first-order valence-electron chi connectivity index (χ1n) is 5.31. The number of imidazole rings is 1. The predicted molar refractivity (Wildman–Crippen MR) is 79.1 cm³/mol. The van der Waals surface area contributed by atoms with Crippen LogP contribution in [0, 0.1) is 0 Å². The van der Waals surface area contributed by atoms with Gasteiger partial charge in [0.05, 0.1) is 10.1 Å². The summed E-state index contributed by atoms with van der Waals surface area (Å²) in [4.78, 5) is 4.89. The highest BCUT2D eigenvalue weighted by Crippen LogP contribution is 2.22. The predicted octanol–water partition coefficient (Wildman–Crippen LogP) is 2.42. The lowest BCUT2D eigenvalue weighted by Crippen LogP contribution is -2.26. The molecule has 5 nitrogen and oxygen atoms in total. The van der Waals surface area contributed by atoms with Crippen molar-refractivity contribution in [3.63, 3.8) is 0 Å². The summed E-state index contributed by atoms with van der Waals surface area (Å²) in [6, 6.07) is 3.89. The van der Waals surface area contributed by atoms with E-state index in [2.05, 4.69) is 25.6 Å². The van der Waals surface area contributed by atoms with Gasteiger partial charge < -0.3 is 4.57 Å². The number of halogens is 2. The number of hydrogen-bond acceptors (Lipinski definition) is 4. The quantitative estimate of drug-likeness (QED) is 0.861. The second-order valence-corrected chi connectivity index (χ2v) is 8.39. The highest BCUT2D eigenvalue weighted by molar-refractivity contribution is 9.11. The first kappa shape index (κ1) is 15.0. The largest absolute Gasteiger partial charge is 0.324 e. The SMILES string of the molecule is Cn1cnc(S(=O)(=O)NCCc2ccc(Br)s2)c1Cl. The number of aromatic nitrogens is 2. The molecule has 0 saturated heterocycles. The van der Waals surface area contributed by atoms with Crippen molar-refractivity contribution < 1.29 is 8.42 Å². The second-order valence-electron chi connectivity index (χ2n) is 3.81. The lowest BCUT2D eigenvalue weighted by molar-refractivity contribution is 0.578. The van der Waals surface area contributed by atoms with Crippen LogP contribution in [0.15, 0.2) is 27.3 Å². The van der Waals surface area contributed by atoms with Gasteiger partial charge in [-0.3, -0.25) is 0 Å². The summed E-state index contributed by atoms with van der Waals surface area (Å²) < 4.78 is 28.9. The molecular weight excluding hydrogens is 374 g/mol. The third-order valence-electron chi connectivity index (χ3n) is 2.38. The fourth-order valence-corrected chi connectivity index (χ4v) is 4.38. The molecule has 0 amide bonds. The molecule has 104 valence electrons. The van der Waals surface area contributed by atoms with E-state index in [0.29, 0.717) is 13.0 Å². The van der Waals surface area contributed by atoms with Crippen LogP contribution >= 0.6 is 38.9 Å². The van der Waals surface area contributed by atoms with Gasteiger partial charge in [0, 0.05) is 18.5 Å². The minimum Gasteiger partial charge on any atom is -0.324 e. The lowest BCUT2D eigenvalue weighted by Gasteiger charge is -2.04. The van der Waals surface area contributed by atoms with Crippen molar-refractivity contribution >= 4 is 48.9 Å². The van der Waals surface area contributed by atoms with Crippen LogP contribution in [0.5, 0.6) is 0 Å². The average Bonchev–Trinajstić information content (AvgIpc) is 2.87. The van der Waals surface area contributed by atoms with E-state index in [1.54, 1.807) is 18.4 Å². The number of hydrogen-bond donors (Lipinski definition) is 1. The van der Waals surface area contributed by atoms with Gasteiger partial charge in [0.1, 0.15) is 5.15 Å². The molecule has 0 aliphatic carbocycles. The molecule has 0 radical (unpaired) electrons. The van der Waals surface area contributed by atoms with Gasteiger partial charge in [-0.25, -0.2) is 18.1 Å². The number of rotatable bonds is 5. The van der Waals surface area contributed by atoms with Crippen LogP contribution in [0.1, 0.15) is 4.88 Å². The van der Waals surface area contributed by atoms with E-state index in [-0.39, 0.29) is 10.2 Å². The van der Waals surface area contributed by atoms with E-state index in [4.69, 9.17) is 11.6 Å². The topological polar surface area (TPSA) is 64.0 Å². The number of aryl methyl sites for hydroxylation is 1. The molecule has 19 heavy (non-hydrogen) atoms. The Morgan fingerprint density at radius 3 is 2.79 bits per heavy atom. The lowest BCUT2D eigenvalue weighted by atomic mass is 10.3. The summed E-state index contributed by atoms with van der Waals surface area (Å²) in [6.45, 7) is 0.308. The van der Waals surface area contributed by atoms with Crippen LogP contribution in [0.2, 0.25) is 5.15 Å². The summed E-state index contributed by atoms with van der Waals surface area (Å²) in [7, 11) is -2.02. The molecule has 0 fully saturated rings. The Bertz CT molecular complexity index is 681. The van der Waals surface area contributed by atoms with Gasteiger partial charge in [0.25, 0.3) is 10.0 Å². The molecule has 0 aromatic carbocycles. The van der Waals surface area contributed by atoms with Crippen molar-refractivity contribution in [2.75, 3.05) is 6.54 Å². The monoisotopic (exact) mass is 383 g/mol. The number of thiophene rings is 1. The van der Waals surface area contributed by atoms with E-state index in [1.165, 1.54) is 10.9 Å². The second kappa shape index (κ2) is 5.92. The zero-order chi connectivity index (χ0) is 14.0. The summed E-state index contributed by atoms with van der Waals surface area (Å²) >= 11 is 10.8. The van der Waals surface area contributed by atoms with Crippen LogP contribution in [0.25, 0.3) is 0 Å². The third-order valence-corrected chi connectivity index (χ3v) is 6.01. The number of sulfonamides is 1. The van der Waals surface area contributed by atoms with E-state index >= 15 is 0 Å². The van der Waals surface area contributed by atoms with Crippen molar-refractivity contribution in [1.82, 2.24) is 14.3 Å². The van der Waals surface area contributed by atoms with E-state index in [0.717, 1.165) is 8.66 Å². The van der Waals surface area contributed by atoms with Crippen LogP contribution in [-0.4, -0.2) is 24.5 Å². The summed E-state index contributed by atoms with van der Waals surface area (Å²) in [5.41, 5.74) is 0. The average molecular weight is 385 g/mol. The maximum absolute atomic E-state index is 12.0. The minimum absolute atomic E-state index is 0.103. The van der Waals surface area contributed by atoms with Gasteiger partial charge in [0.2, 0.25) is 5.03 Å². The molecule has 0 saturated carbocycles. The Morgan fingerprint density at radius 2 is 2.26 bits per heavy atom. The number of nitrogens with one attached hydrogen (secondary N) is 1. The van der Waals surface area contributed by atoms with Crippen LogP contribution in [-0.2, 0) is 23.5 Å². The van der Waals surface area contributed by atoms with Gasteiger partial charge in [-0.05, 0) is 34.5 Å². The molecule has 2 aromatic heterocycles. The molecule has 1 N–H and O–H groups in total. The molecule has 0 aliphatic rings. The first-order chi connectivity index (χ1) is 8.90. The smallest absolute Gasteiger partial charge is 0.261 e. The highest BCUT2D eigenvalue weighted by atomic mass is 79.9. The molecular formula is C10H11BrClN3O2S2. The molecule has 0 spiro atoms. The Kier molecular flexibility index (Phi) is 4.67. The van der Waals surface area contributed by atoms with Crippen molar-refractivity contribution in [1.29, 1.82) is 0 Å². The molecule has 2 heterocycles. The molecule has 0 aliphatic heterocycles. The molecule has 9 heteroatoms. The summed E-state index contributed by atoms with van der Waals surface area (Å²) in [5.74, 6) is 0. The Balaban J connectivity index is 2.00. The molecule has 2 aromatic rings. The minimum atomic E-state index is -3.65. The van der Waals surface area contributed by atoms with E-state index in [9.17, 15) is 8.42 Å². The van der Waals surface area contributed by atoms with Gasteiger partial charge >= 0.3 is 0 Å². The fourth-order valence-electron chi connectivity index (χ4n) is 1.44. The highest BCUT2D eigenvalue weighted by Gasteiger charge is 2.21. The zero-order valence-electron chi connectivity index (χ0n) is 9.93. The first-order valence-corrected chi connectivity index (χ1v) is 8.78. The van der Waals surface area contributed by atoms with Crippen LogP contribution < -0.4 is 4.72 Å². The van der Waals surface area contributed by atoms with E-state index < -0.39 is 10.0 Å². The van der Waals surface area contributed by atoms with Gasteiger partial charge in [-0.1, -0.05) is 11.6 Å². The summed E-state index contributed by atoms with van der Waals surface area (Å²) in [5, 5.41) is -0.0320. The van der Waals surface area contributed by atoms with Crippen LogP contribution in [0.3, 0.4) is 0 Å². The van der Waals surface area contributed by atoms with Crippen molar-refractivity contribution in [3.8, 4) is 0 Å². The normalized spacial score (nSPS) is 11.9. The Hall–Kier alpha value is -0.410. The van der Waals surface area contributed by atoms with E-state index in [1.807, 2.05) is 12.1 Å². The van der Waals surface area contributed by atoms with Crippen molar-refractivity contribution in [3.05, 3.63) is 32.3 Å². The van der Waals surface area contributed by atoms with Crippen molar-refractivity contribution in [2.45, 2.75) is 11.4 Å². The fraction of sp³-hybridized carbons (Fsp3) is 0.300. The number of nitrogens with zero attached hydrogens (tertiary/aromatic N) is 2. The Morgan fingerprint density at radius 1 is 1.53 bits per heavy atom. The standard InChI is InChI=1S/C10H11BrClN3O2S2/c1-15-6-13-10(9(15)12)19(16,17)14-5-4-7-2-3-8(11)18-7/h2-3,6,14H,4-5H2,1H3. The summed E-state index contributed by atoms with van der Waals surface area (Å²) in [6.07, 6.45) is 1.99. The van der Waals surface area contributed by atoms with Gasteiger partial charge in [-0.2, -0.15) is 0 Å². The van der Waals surface area contributed by atoms with Crippen molar-refractivity contribution in [2.24, 2.45) is 7.05 Å². The maximum Gasteiger partial charge on any atom is 0.261 e. The van der Waals surface area contributed by atoms with Gasteiger partial charge in [-0.15, -0.1) is 11.3 Å². The molecule has 0 bridgehead atoms. The Labute approximate surface area is 128 Å². The molecule has 0 atom stereocenters. The molecule has 2 rings (SSSR count). The van der Waals surface area contributed by atoms with Gasteiger partial charge in [0.15, 0.2) is 0 Å². The third kappa shape index (κ3) is 3.57. The van der Waals surface area contributed by atoms with Crippen LogP contribution in [0.4, 0.5) is 0 Å². The molecule has 0 unspecified atom stereocenters. The maximum atomic E-state index is 12.0. The zero-order valence-corrected chi connectivity index (χ0v) is 13.9.